The predicted octanol–water partition coefficient (Wildman–Crippen LogP) is 3.02. The van der Waals surface area contributed by atoms with Crippen LogP contribution in [0.3, 0.4) is 0 Å². The monoisotopic (exact) mass is 447 g/mol. The van der Waals surface area contributed by atoms with Gasteiger partial charge in [0, 0.05) is 0 Å². The van der Waals surface area contributed by atoms with Gasteiger partial charge in [0.1, 0.15) is 6.54 Å². The second-order valence-corrected chi connectivity index (χ2v) is 8.78. The van der Waals surface area contributed by atoms with Crippen molar-refractivity contribution in [1.29, 1.82) is 0 Å². The van der Waals surface area contributed by atoms with Crippen LogP contribution in [0, 0.1) is 13.8 Å². The summed E-state index contributed by atoms with van der Waals surface area (Å²) < 4.78 is 36.9. The summed E-state index contributed by atoms with van der Waals surface area (Å²) in [5.41, 5.74) is 5.11. The zero-order valence-electron chi connectivity index (χ0n) is 18.5. The summed E-state index contributed by atoms with van der Waals surface area (Å²) in [5.74, 6) is 0.654. The zero-order chi connectivity index (χ0) is 23.0. The fourth-order valence-electron chi connectivity index (χ4n) is 3.05. The Morgan fingerprint density at radius 3 is 2.26 bits per heavy atom. The van der Waals surface area contributed by atoms with Crippen LogP contribution >= 0.6 is 0 Å². The molecule has 0 aromatic heterocycles. The largest absolute Gasteiger partial charge is 0.490 e. The molecule has 1 amide bonds. The number of sulfonamides is 1. The highest BCUT2D eigenvalue weighted by Crippen LogP contribution is 2.28. The van der Waals surface area contributed by atoms with E-state index < -0.39 is 15.9 Å². The van der Waals surface area contributed by atoms with E-state index in [1.54, 1.807) is 44.2 Å². The molecular formula is C22H29N3O5S. The van der Waals surface area contributed by atoms with Crippen LogP contribution in [0.15, 0.2) is 41.5 Å². The number of nitrogens with zero attached hydrogens (tertiary/aromatic N) is 2. The van der Waals surface area contributed by atoms with Crippen LogP contribution < -0.4 is 19.2 Å². The summed E-state index contributed by atoms with van der Waals surface area (Å²) in [7, 11) is -3.67. The number of hydrogen-bond donors (Lipinski definition) is 1. The van der Waals surface area contributed by atoms with Gasteiger partial charge in [-0.15, -0.1) is 0 Å². The maximum absolute atomic E-state index is 12.4. The molecule has 0 saturated heterocycles. The van der Waals surface area contributed by atoms with E-state index in [0.29, 0.717) is 36.0 Å². The molecule has 0 unspecified atom stereocenters. The molecule has 0 aliphatic heterocycles. The molecule has 31 heavy (non-hydrogen) atoms. The van der Waals surface area contributed by atoms with Gasteiger partial charge >= 0.3 is 0 Å². The van der Waals surface area contributed by atoms with Crippen LogP contribution in [0.2, 0.25) is 0 Å². The fourth-order valence-corrected chi connectivity index (χ4v) is 4.03. The van der Waals surface area contributed by atoms with Crippen molar-refractivity contribution in [3.05, 3.63) is 53.1 Å². The number of para-hydroxylation sites is 1. The van der Waals surface area contributed by atoms with Crippen LogP contribution in [0.5, 0.6) is 11.5 Å². The lowest BCUT2D eigenvalue weighted by Gasteiger charge is -2.25. The van der Waals surface area contributed by atoms with Gasteiger partial charge in [-0.3, -0.25) is 9.10 Å². The van der Waals surface area contributed by atoms with Crippen LogP contribution in [-0.2, 0) is 14.8 Å². The summed E-state index contributed by atoms with van der Waals surface area (Å²) in [6.07, 6.45) is 2.53. The molecule has 1 N–H and O–H groups in total. The summed E-state index contributed by atoms with van der Waals surface area (Å²) in [6, 6.07) is 10.7. The Kier molecular flexibility index (Phi) is 8.44. The zero-order valence-corrected chi connectivity index (χ0v) is 19.3. The smallest absolute Gasteiger partial charge is 0.260 e. The van der Waals surface area contributed by atoms with Crippen molar-refractivity contribution >= 4 is 27.8 Å². The van der Waals surface area contributed by atoms with Crippen LogP contribution in [0.1, 0.15) is 30.5 Å². The summed E-state index contributed by atoms with van der Waals surface area (Å²) in [4.78, 5) is 12.4. The predicted molar refractivity (Wildman–Crippen MR) is 123 cm³/mol. The maximum atomic E-state index is 12.4. The summed E-state index contributed by atoms with van der Waals surface area (Å²) >= 11 is 0. The van der Waals surface area contributed by atoms with Gasteiger partial charge in [-0.1, -0.05) is 18.2 Å². The standard InChI is InChI=1S/C22H29N3O5S/c1-6-29-19-12-11-18(13-20(19)30-7-2)14-23-24-21(26)15-25(31(5,27)28)22-16(3)9-8-10-17(22)4/h8-14H,6-7,15H2,1-5H3,(H,24,26)/b23-14-. The second kappa shape index (κ2) is 10.8. The Labute approximate surface area is 183 Å². The van der Waals surface area contributed by atoms with E-state index in [1.165, 1.54) is 6.21 Å². The molecule has 2 aromatic rings. The number of nitrogens with one attached hydrogen (secondary N) is 1. The summed E-state index contributed by atoms with van der Waals surface area (Å²) in [5, 5.41) is 3.95. The normalized spacial score (nSPS) is 11.4. The highest BCUT2D eigenvalue weighted by Gasteiger charge is 2.23. The van der Waals surface area contributed by atoms with E-state index in [0.717, 1.165) is 21.7 Å². The topological polar surface area (TPSA) is 97.3 Å². The molecule has 0 aliphatic carbocycles. The third kappa shape index (κ3) is 6.71. The molecule has 0 spiro atoms. The van der Waals surface area contributed by atoms with Gasteiger partial charge in [0.25, 0.3) is 5.91 Å². The number of carbonyl (C=O) groups excluding carboxylic acids is 1. The number of amides is 1. The van der Waals surface area contributed by atoms with E-state index in [9.17, 15) is 13.2 Å². The quantitative estimate of drug-likeness (QED) is 0.446. The first-order valence-corrected chi connectivity index (χ1v) is 11.8. The molecule has 2 rings (SSSR count). The second-order valence-electron chi connectivity index (χ2n) is 6.88. The van der Waals surface area contributed by atoms with E-state index in [2.05, 4.69) is 10.5 Å². The molecule has 0 radical (unpaired) electrons. The van der Waals surface area contributed by atoms with E-state index in [-0.39, 0.29) is 6.54 Å². The first kappa shape index (κ1) is 24.2. The number of hydrogen-bond acceptors (Lipinski definition) is 6. The number of hydrazone groups is 1. The van der Waals surface area contributed by atoms with Gasteiger partial charge in [-0.05, 0) is 62.6 Å². The van der Waals surface area contributed by atoms with Gasteiger partial charge in [-0.2, -0.15) is 5.10 Å². The van der Waals surface area contributed by atoms with E-state index in [1.807, 2.05) is 19.9 Å². The van der Waals surface area contributed by atoms with Crippen molar-refractivity contribution in [3.8, 4) is 11.5 Å². The third-order valence-corrected chi connectivity index (χ3v) is 5.46. The highest BCUT2D eigenvalue weighted by atomic mass is 32.2. The lowest BCUT2D eigenvalue weighted by Crippen LogP contribution is -2.39. The Morgan fingerprint density at radius 2 is 1.68 bits per heavy atom. The van der Waals surface area contributed by atoms with Crippen molar-refractivity contribution in [3.63, 3.8) is 0 Å². The van der Waals surface area contributed by atoms with Crippen LogP contribution in [-0.4, -0.2) is 46.6 Å². The minimum Gasteiger partial charge on any atom is -0.490 e. The molecule has 0 heterocycles. The number of rotatable bonds is 10. The number of aryl methyl sites for hydroxylation is 2. The molecule has 2 aromatic carbocycles. The number of anilines is 1. The minimum absolute atomic E-state index is 0.380. The lowest BCUT2D eigenvalue weighted by molar-refractivity contribution is -0.119. The third-order valence-electron chi connectivity index (χ3n) is 4.35. The van der Waals surface area contributed by atoms with Gasteiger partial charge in [0.05, 0.1) is 31.4 Å². The molecule has 0 saturated carbocycles. The molecule has 168 valence electrons. The number of ether oxygens (including phenoxy) is 2. The van der Waals surface area contributed by atoms with Crippen molar-refractivity contribution in [2.24, 2.45) is 5.10 Å². The van der Waals surface area contributed by atoms with Crippen molar-refractivity contribution in [1.82, 2.24) is 5.43 Å². The van der Waals surface area contributed by atoms with Gasteiger partial charge < -0.3 is 9.47 Å². The molecule has 9 heteroatoms. The van der Waals surface area contributed by atoms with Gasteiger partial charge in [0.15, 0.2) is 11.5 Å². The number of benzene rings is 2. The highest BCUT2D eigenvalue weighted by molar-refractivity contribution is 7.92. The van der Waals surface area contributed by atoms with Crippen LogP contribution in [0.25, 0.3) is 0 Å². The van der Waals surface area contributed by atoms with Gasteiger partial charge in [0.2, 0.25) is 10.0 Å². The van der Waals surface area contributed by atoms with Crippen molar-refractivity contribution in [2.75, 3.05) is 30.3 Å². The summed E-state index contributed by atoms with van der Waals surface area (Å²) in [6.45, 7) is 7.99. The minimum atomic E-state index is -3.67. The first-order valence-electron chi connectivity index (χ1n) is 9.92. The molecule has 0 aliphatic rings. The SMILES string of the molecule is CCOc1ccc(/C=N\NC(=O)CN(c2c(C)cccc2C)S(C)(=O)=O)cc1OCC. The van der Waals surface area contributed by atoms with E-state index in [4.69, 9.17) is 9.47 Å². The van der Waals surface area contributed by atoms with Crippen molar-refractivity contribution in [2.45, 2.75) is 27.7 Å². The molecule has 0 atom stereocenters. The molecule has 0 bridgehead atoms. The Morgan fingerprint density at radius 1 is 1.06 bits per heavy atom. The number of carbonyl (C=O) groups is 1. The van der Waals surface area contributed by atoms with Crippen LogP contribution in [0.4, 0.5) is 5.69 Å². The molecule has 0 fully saturated rings. The lowest BCUT2D eigenvalue weighted by atomic mass is 10.1. The molecular weight excluding hydrogens is 418 g/mol. The van der Waals surface area contributed by atoms with E-state index >= 15 is 0 Å². The average Bonchev–Trinajstić information content (AvgIpc) is 2.68. The Balaban J connectivity index is 2.14. The average molecular weight is 448 g/mol. The maximum Gasteiger partial charge on any atom is 0.260 e. The van der Waals surface area contributed by atoms with Gasteiger partial charge in [-0.25, -0.2) is 13.8 Å². The molecule has 8 nitrogen and oxygen atoms in total. The van der Waals surface area contributed by atoms with Crippen molar-refractivity contribution < 1.29 is 22.7 Å². The Bertz CT molecular complexity index is 1030. The fraction of sp³-hybridized carbons (Fsp3) is 0.364. The first-order chi connectivity index (χ1) is 14.7. The Hall–Kier alpha value is -3.07.